The number of nitrogen functional groups attached to an aromatic ring is 1. The molecule has 0 radical (unpaired) electrons. The number of nitrogens with one attached hydrogen (secondary N) is 1. The maximum atomic E-state index is 11.3. The molecule has 0 spiro atoms. The van der Waals surface area contributed by atoms with E-state index in [0.29, 0.717) is 11.5 Å². The number of nitrogens with zero attached hydrogens (tertiary/aromatic N) is 2. The molecule has 0 aliphatic rings. The Kier molecular flexibility index (Phi) is 4.29. The van der Waals surface area contributed by atoms with Gasteiger partial charge in [0, 0.05) is 17.4 Å². The standard InChI is InChI=1S/C19H16N4O2S2/c1-27(24,25)23-14-8-6-12(7-9-14)13-10-15(18(20)21-11-13)19-22-16-4-2-3-5-17(16)26-19/h2-11,23H,1H3,(H2,20,21). The Labute approximate surface area is 160 Å². The fourth-order valence-corrected chi connectivity index (χ4v) is 4.29. The highest BCUT2D eigenvalue weighted by Gasteiger charge is 2.12. The van der Waals surface area contributed by atoms with Crippen LogP contribution in [0.1, 0.15) is 0 Å². The minimum Gasteiger partial charge on any atom is -0.383 e. The summed E-state index contributed by atoms with van der Waals surface area (Å²) in [5, 5.41) is 0.818. The molecular formula is C19H16N4O2S2. The molecule has 27 heavy (non-hydrogen) atoms. The van der Waals surface area contributed by atoms with Gasteiger partial charge in [0.1, 0.15) is 10.8 Å². The van der Waals surface area contributed by atoms with Gasteiger partial charge in [0.15, 0.2) is 0 Å². The highest BCUT2D eigenvalue weighted by atomic mass is 32.2. The van der Waals surface area contributed by atoms with Crippen LogP contribution in [0.4, 0.5) is 11.5 Å². The molecule has 0 amide bonds. The molecule has 2 aromatic heterocycles. The highest BCUT2D eigenvalue weighted by molar-refractivity contribution is 7.92. The zero-order valence-electron chi connectivity index (χ0n) is 14.4. The molecule has 0 saturated heterocycles. The number of pyridine rings is 1. The van der Waals surface area contributed by atoms with E-state index in [-0.39, 0.29) is 0 Å². The summed E-state index contributed by atoms with van der Waals surface area (Å²) in [6.07, 6.45) is 2.82. The SMILES string of the molecule is CS(=O)(=O)Nc1ccc(-c2cnc(N)c(-c3nc4ccccc4s3)c2)cc1. The van der Waals surface area contributed by atoms with Gasteiger partial charge in [-0.25, -0.2) is 18.4 Å². The van der Waals surface area contributed by atoms with Crippen molar-refractivity contribution >= 4 is 43.1 Å². The van der Waals surface area contributed by atoms with Gasteiger partial charge in [0.25, 0.3) is 0 Å². The molecular weight excluding hydrogens is 380 g/mol. The normalized spacial score (nSPS) is 11.6. The zero-order valence-corrected chi connectivity index (χ0v) is 16.0. The maximum absolute atomic E-state index is 11.3. The Morgan fingerprint density at radius 2 is 1.78 bits per heavy atom. The predicted octanol–water partition coefficient (Wildman–Crippen LogP) is 3.98. The third-order valence-corrected chi connectivity index (χ3v) is 5.64. The summed E-state index contributed by atoms with van der Waals surface area (Å²) in [6.45, 7) is 0. The van der Waals surface area contributed by atoms with Crippen LogP contribution in [-0.2, 0) is 10.0 Å². The number of benzene rings is 2. The third kappa shape index (κ3) is 3.76. The van der Waals surface area contributed by atoms with E-state index in [9.17, 15) is 8.42 Å². The molecule has 0 atom stereocenters. The summed E-state index contributed by atoms with van der Waals surface area (Å²) in [6, 6.07) is 17.0. The first kappa shape index (κ1) is 17.4. The van der Waals surface area contributed by atoms with Crippen LogP contribution >= 0.6 is 11.3 Å². The Bertz CT molecular complexity index is 1200. The Morgan fingerprint density at radius 3 is 2.48 bits per heavy atom. The Hall–Kier alpha value is -2.97. The molecule has 2 aromatic carbocycles. The minimum atomic E-state index is -3.30. The number of para-hydroxylation sites is 1. The van der Waals surface area contributed by atoms with E-state index in [2.05, 4.69) is 14.7 Å². The molecule has 4 aromatic rings. The van der Waals surface area contributed by atoms with Gasteiger partial charge in [-0.05, 0) is 35.9 Å². The first-order valence-electron chi connectivity index (χ1n) is 8.09. The number of thiazole rings is 1. The second-order valence-electron chi connectivity index (χ2n) is 6.10. The molecule has 0 bridgehead atoms. The Morgan fingerprint density at radius 1 is 1.04 bits per heavy atom. The number of nitrogens with two attached hydrogens (primary N) is 1. The highest BCUT2D eigenvalue weighted by Crippen LogP contribution is 2.35. The molecule has 136 valence electrons. The first-order valence-corrected chi connectivity index (χ1v) is 10.8. The molecule has 0 aliphatic heterocycles. The summed E-state index contributed by atoms with van der Waals surface area (Å²) in [5.74, 6) is 0.424. The minimum absolute atomic E-state index is 0.424. The number of anilines is 2. The van der Waals surface area contributed by atoms with E-state index >= 15 is 0 Å². The molecule has 0 unspecified atom stereocenters. The van der Waals surface area contributed by atoms with E-state index in [4.69, 9.17) is 5.73 Å². The maximum Gasteiger partial charge on any atom is 0.229 e. The van der Waals surface area contributed by atoms with Crippen molar-refractivity contribution in [3.8, 4) is 21.7 Å². The number of aromatic nitrogens is 2. The molecule has 8 heteroatoms. The van der Waals surface area contributed by atoms with E-state index in [1.165, 1.54) is 0 Å². The average Bonchev–Trinajstić information content (AvgIpc) is 3.05. The number of hydrogen-bond donors (Lipinski definition) is 2. The van der Waals surface area contributed by atoms with Crippen molar-refractivity contribution in [2.45, 2.75) is 0 Å². The van der Waals surface area contributed by atoms with Gasteiger partial charge in [-0.3, -0.25) is 4.72 Å². The van der Waals surface area contributed by atoms with Crippen molar-refractivity contribution in [2.24, 2.45) is 0 Å². The van der Waals surface area contributed by atoms with Crippen molar-refractivity contribution in [2.75, 3.05) is 16.7 Å². The van der Waals surface area contributed by atoms with Gasteiger partial charge in [-0.1, -0.05) is 24.3 Å². The van der Waals surface area contributed by atoms with E-state index < -0.39 is 10.0 Å². The van der Waals surface area contributed by atoms with Crippen LogP contribution in [0.3, 0.4) is 0 Å². The number of rotatable bonds is 4. The van der Waals surface area contributed by atoms with Crippen molar-refractivity contribution in [1.82, 2.24) is 9.97 Å². The molecule has 0 aliphatic carbocycles. The van der Waals surface area contributed by atoms with Gasteiger partial charge < -0.3 is 5.73 Å². The molecule has 3 N–H and O–H groups in total. The van der Waals surface area contributed by atoms with Gasteiger partial charge in [-0.2, -0.15) is 0 Å². The van der Waals surface area contributed by atoms with Crippen molar-refractivity contribution in [1.29, 1.82) is 0 Å². The van der Waals surface area contributed by atoms with Crippen LogP contribution in [0.15, 0.2) is 60.8 Å². The molecule has 0 fully saturated rings. The summed E-state index contributed by atoms with van der Waals surface area (Å²) in [7, 11) is -3.30. The molecule has 0 saturated carbocycles. The van der Waals surface area contributed by atoms with Crippen LogP contribution in [-0.4, -0.2) is 24.6 Å². The number of hydrogen-bond acceptors (Lipinski definition) is 6. The largest absolute Gasteiger partial charge is 0.383 e. The first-order chi connectivity index (χ1) is 12.9. The number of sulfonamides is 1. The second-order valence-corrected chi connectivity index (χ2v) is 8.87. The molecule has 4 rings (SSSR count). The smallest absolute Gasteiger partial charge is 0.229 e. The van der Waals surface area contributed by atoms with Gasteiger partial charge in [0.2, 0.25) is 10.0 Å². The lowest BCUT2D eigenvalue weighted by Crippen LogP contribution is -2.09. The van der Waals surface area contributed by atoms with E-state index in [0.717, 1.165) is 38.2 Å². The monoisotopic (exact) mass is 396 g/mol. The quantitative estimate of drug-likeness (QED) is 0.544. The van der Waals surface area contributed by atoms with Crippen molar-refractivity contribution < 1.29 is 8.42 Å². The van der Waals surface area contributed by atoms with Crippen LogP contribution in [0.5, 0.6) is 0 Å². The van der Waals surface area contributed by atoms with Crippen LogP contribution in [0.25, 0.3) is 31.9 Å². The number of fused-ring (bicyclic) bond motifs is 1. The average molecular weight is 396 g/mol. The fourth-order valence-electron chi connectivity index (χ4n) is 2.74. The summed E-state index contributed by atoms with van der Waals surface area (Å²) in [5.41, 5.74) is 10.1. The lowest BCUT2D eigenvalue weighted by Gasteiger charge is -2.08. The van der Waals surface area contributed by atoms with Crippen LogP contribution in [0, 0.1) is 0 Å². The molecule has 6 nitrogen and oxygen atoms in total. The topological polar surface area (TPSA) is 98.0 Å². The van der Waals surface area contributed by atoms with E-state index in [1.807, 2.05) is 42.5 Å². The lowest BCUT2D eigenvalue weighted by molar-refractivity contribution is 0.607. The zero-order chi connectivity index (χ0) is 19.0. The van der Waals surface area contributed by atoms with Crippen molar-refractivity contribution in [3.05, 3.63) is 60.8 Å². The van der Waals surface area contributed by atoms with Gasteiger partial charge >= 0.3 is 0 Å². The predicted molar refractivity (Wildman–Crippen MR) is 111 cm³/mol. The van der Waals surface area contributed by atoms with Crippen LogP contribution in [0.2, 0.25) is 0 Å². The van der Waals surface area contributed by atoms with Crippen LogP contribution < -0.4 is 10.5 Å². The third-order valence-electron chi connectivity index (χ3n) is 3.96. The summed E-state index contributed by atoms with van der Waals surface area (Å²) >= 11 is 1.57. The second kappa shape index (κ2) is 6.64. The fraction of sp³-hybridized carbons (Fsp3) is 0.0526. The summed E-state index contributed by atoms with van der Waals surface area (Å²) < 4.78 is 26.2. The lowest BCUT2D eigenvalue weighted by atomic mass is 10.1. The van der Waals surface area contributed by atoms with Gasteiger partial charge in [-0.15, -0.1) is 11.3 Å². The Balaban J connectivity index is 1.72. The molecule has 2 heterocycles. The van der Waals surface area contributed by atoms with E-state index in [1.54, 1.807) is 29.7 Å². The van der Waals surface area contributed by atoms with Crippen molar-refractivity contribution in [3.63, 3.8) is 0 Å². The van der Waals surface area contributed by atoms with Gasteiger partial charge in [0.05, 0.1) is 22.0 Å². The summed E-state index contributed by atoms with van der Waals surface area (Å²) in [4.78, 5) is 8.97.